The molecule has 0 aliphatic heterocycles. The summed E-state index contributed by atoms with van der Waals surface area (Å²) < 4.78 is 39.1. The van der Waals surface area contributed by atoms with Crippen LogP contribution in [0.2, 0.25) is 0 Å². The van der Waals surface area contributed by atoms with E-state index >= 15 is 0 Å². The van der Waals surface area contributed by atoms with Gasteiger partial charge in [-0.25, -0.2) is 9.97 Å². The minimum atomic E-state index is -4.54. The first-order valence-electron chi connectivity index (χ1n) is 11.4. The summed E-state index contributed by atoms with van der Waals surface area (Å²) in [5, 5.41) is 6.23. The Labute approximate surface area is 219 Å². The van der Waals surface area contributed by atoms with Crippen molar-refractivity contribution in [2.75, 3.05) is 10.6 Å². The molecule has 2 aromatic heterocycles. The van der Waals surface area contributed by atoms with E-state index in [4.69, 9.17) is 0 Å². The van der Waals surface area contributed by atoms with Gasteiger partial charge in [-0.15, -0.1) is 11.3 Å². The molecule has 0 spiro atoms. The molecule has 3 aromatic carbocycles. The first-order valence-corrected chi connectivity index (χ1v) is 12.2. The van der Waals surface area contributed by atoms with Gasteiger partial charge in [0.15, 0.2) is 0 Å². The van der Waals surface area contributed by atoms with Crippen LogP contribution < -0.4 is 10.6 Å². The summed E-state index contributed by atoms with van der Waals surface area (Å²) in [5.41, 5.74) is 2.46. The fourth-order valence-electron chi connectivity index (χ4n) is 3.93. The second kappa shape index (κ2) is 10.1. The first-order chi connectivity index (χ1) is 18.2. The largest absolute Gasteiger partial charge is 0.416 e. The molecule has 0 aliphatic carbocycles. The number of rotatable bonds is 5. The van der Waals surface area contributed by atoms with Gasteiger partial charge in [-0.05, 0) is 54.1 Å². The molecular formula is C28H19F3N4O2S. The molecule has 38 heavy (non-hydrogen) atoms. The Morgan fingerprint density at radius 1 is 0.816 bits per heavy atom. The van der Waals surface area contributed by atoms with Crippen LogP contribution in [-0.2, 0) is 11.0 Å². The average molecular weight is 533 g/mol. The normalized spacial score (nSPS) is 11.4. The maximum Gasteiger partial charge on any atom is 0.416 e. The molecule has 190 valence electrons. The topological polar surface area (TPSA) is 84.0 Å². The van der Waals surface area contributed by atoms with Crippen LogP contribution in [0.25, 0.3) is 31.9 Å². The van der Waals surface area contributed by atoms with Crippen LogP contribution in [-0.4, -0.2) is 21.8 Å². The van der Waals surface area contributed by atoms with Crippen LogP contribution >= 0.6 is 11.3 Å². The van der Waals surface area contributed by atoms with Crippen molar-refractivity contribution >= 4 is 44.7 Å². The predicted molar refractivity (Wildman–Crippen MR) is 142 cm³/mol. The molecule has 0 fully saturated rings. The van der Waals surface area contributed by atoms with Crippen molar-refractivity contribution in [2.45, 2.75) is 13.1 Å². The Hall–Kier alpha value is -4.57. The Bertz CT molecular complexity index is 1660. The van der Waals surface area contributed by atoms with Gasteiger partial charge in [0.2, 0.25) is 5.91 Å². The quantitative estimate of drug-likeness (QED) is 0.250. The maximum atomic E-state index is 13.0. The molecule has 0 aliphatic rings. The highest BCUT2D eigenvalue weighted by molar-refractivity contribution is 7.21. The van der Waals surface area contributed by atoms with E-state index in [0.717, 1.165) is 32.8 Å². The van der Waals surface area contributed by atoms with Crippen LogP contribution in [0.4, 0.5) is 24.5 Å². The summed E-state index contributed by atoms with van der Waals surface area (Å²) in [6.07, 6.45) is -3.08. The zero-order valence-corrected chi connectivity index (χ0v) is 20.7. The number of carbonyl (C=O) groups excluding carboxylic acids is 2. The highest BCUT2D eigenvalue weighted by Crippen LogP contribution is 2.37. The summed E-state index contributed by atoms with van der Waals surface area (Å²) in [7, 11) is 0. The van der Waals surface area contributed by atoms with Crippen LogP contribution in [0.3, 0.4) is 0 Å². The second-order valence-electron chi connectivity index (χ2n) is 8.42. The van der Waals surface area contributed by atoms with Crippen LogP contribution in [0, 0.1) is 0 Å². The minimum absolute atomic E-state index is 0.0957. The van der Waals surface area contributed by atoms with E-state index in [1.165, 1.54) is 36.7 Å². The lowest BCUT2D eigenvalue weighted by atomic mass is 10.1. The number of hydrogen-bond acceptors (Lipinski definition) is 5. The maximum absolute atomic E-state index is 13.0. The molecule has 0 bridgehead atoms. The molecule has 0 saturated carbocycles. The van der Waals surface area contributed by atoms with Crippen molar-refractivity contribution in [3.63, 3.8) is 0 Å². The fraction of sp³-hybridized carbons (Fsp3) is 0.0714. The minimum Gasteiger partial charge on any atom is -0.326 e. The van der Waals surface area contributed by atoms with E-state index in [0.29, 0.717) is 22.6 Å². The SMILES string of the molecule is CC(=O)Nc1ccc(-c2cc3c(-c4cccc(NC(=O)c5cccc(C(F)(F)F)c5)c4)ncnc3s2)cc1. The zero-order chi connectivity index (χ0) is 26.9. The first kappa shape index (κ1) is 25.1. The van der Waals surface area contributed by atoms with E-state index in [2.05, 4.69) is 20.6 Å². The molecular weight excluding hydrogens is 513 g/mol. The van der Waals surface area contributed by atoms with Crippen LogP contribution in [0.15, 0.2) is 85.2 Å². The lowest BCUT2D eigenvalue weighted by molar-refractivity contribution is -0.137. The Morgan fingerprint density at radius 3 is 2.32 bits per heavy atom. The van der Waals surface area contributed by atoms with Crippen molar-refractivity contribution in [3.8, 4) is 21.7 Å². The number of alkyl halides is 3. The molecule has 5 aromatic rings. The van der Waals surface area contributed by atoms with Crippen molar-refractivity contribution < 1.29 is 22.8 Å². The third-order valence-electron chi connectivity index (χ3n) is 5.67. The van der Waals surface area contributed by atoms with Gasteiger partial charge in [0.05, 0.1) is 11.3 Å². The van der Waals surface area contributed by atoms with E-state index in [-0.39, 0.29) is 11.5 Å². The molecule has 6 nitrogen and oxygen atoms in total. The Balaban J connectivity index is 1.42. The smallest absolute Gasteiger partial charge is 0.326 e. The molecule has 0 atom stereocenters. The highest BCUT2D eigenvalue weighted by Gasteiger charge is 2.30. The average Bonchev–Trinajstić information content (AvgIpc) is 3.33. The summed E-state index contributed by atoms with van der Waals surface area (Å²) >= 11 is 1.49. The molecule has 2 heterocycles. The molecule has 5 rings (SSSR count). The Morgan fingerprint density at radius 2 is 1.58 bits per heavy atom. The lowest BCUT2D eigenvalue weighted by Gasteiger charge is -2.10. The molecule has 0 saturated heterocycles. The molecule has 0 radical (unpaired) electrons. The van der Waals surface area contributed by atoms with Gasteiger partial charge in [0.1, 0.15) is 11.2 Å². The molecule has 0 unspecified atom stereocenters. The molecule has 2 N–H and O–H groups in total. The van der Waals surface area contributed by atoms with Crippen LogP contribution in [0.1, 0.15) is 22.8 Å². The standard InChI is InChI=1S/C28H19F3N4O2S/c1-16(36)34-21-10-8-17(9-11-21)24-14-23-25(32-15-33-27(23)38-24)18-4-3-7-22(13-18)35-26(37)19-5-2-6-20(12-19)28(29,30)31/h2-15H,1H3,(H,34,36)(H,35,37). The number of benzene rings is 3. The second-order valence-corrected chi connectivity index (χ2v) is 9.45. The third kappa shape index (κ3) is 5.40. The lowest BCUT2D eigenvalue weighted by Crippen LogP contribution is -2.14. The summed E-state index contributed by atoms with van der Waals surface area (Å²) in [6, 6.07) is 20.7. The summed E-state index contributed by atoms with van der Waals surface area (Å²) in [4.78, 5) is 34.5. The number of anilines is 2. The van der Waals surface area contributed by atoms with Crippen molar-refractivity contribution in [1.82, 2.24) is 9.97 Å². The predicted octanol–water partition coefficient (Wildman–Crippen LogP) is 7.25. The van der Waals surface area contributed by atoms with E-state index < -0.39 is 17.6 Å². The van der Waals surface area contributed by atoms with Crippen LogP contribution in [0.5, 0.6) is 0 Å². The van der Waals surface area contributed by atoms with Crippen molar-refractivity contribution in [1.29, 1.82) is 0 Å². The van der Waals surface area contributed by atoms with Gasteiger partial charge in [-0.3, -0.25) is 9.59 Å². The number of nitrogens with zero attached hydrogens (tertiary/aromatic N) is 2. The molecule has 2 amide bonds. The number of aromatic nitrogens is 2. The number of carbonyl (C=O) groups is 2. The number of amides is 2. The van der Waals surface area contributed by atoms with Gasteiger partial charge in [0, 0.05) is 39.7 Å². The zero-order valence-electron chi connectivity index (χ0n) is 19.8. The fourth-order valence-corrected chi connectivity index (χ4v) is 4.94. The van der Waals surface area contributed by atoms with Crippen molar-refractivity contribution in [3.05, 3.63) is 96.3 Å². The van der Waals surface area contributed by atoms with Gasteiger partial charge >= 0.3 is 6.18 Å². The van der Waals surface area contributed by atoms with E-state index in [1.807, 2.05) is 36.4 Å². The number of halogens is 3. The van der Waals surface area contributed by atoms with Gasteiger partial charge < -0.3 is 10.6 Å². The monoisotopic (exact) mass is 532 g/mol. The number of nitrogens with one attached hydrogen (secondary N) is 2. The van der Waals surface area contributed by atoms with E-state index in [9.17, 15) is 22.8 Å². The third-order valence-corrected chi connectivity index (χ3v) is 6.76. The number of thiophene rings is 1. The van der Waals surface area contributed by atoms with Gasteiger partial charge in [-0.1, -0.05) is 30.3 Å². The number of fused-ring (bicyclic) bond motifs is 1. The van der Waals surface area contributed by atoms with E-state index in [1.54, 1.807) is 18.2 Å². The number of hydrogen-bond donors (Lipinski definition) is 2. The van der Waals surface area contributed by atoms with Gasteiger partial charge in [0.25, 0.3) is 5.91 Å². The highest BCUT2D eigenvalue weighted by atomic mass is 32.1. The summed E-state index contributed by atoms with van der Waals surface area (Å²) in [5.74, 6) is -0.797. The molecule has 10 heteroatoms. The van der Waals surface area contributed by atoms with Gasteiger partial charge in [-0.2, -0.15) is 13.2 Å². The Kier molecular flexibility index (Phi) is 6.64. The van der Waals surface area contributed by atoms with Crippen molar-refractivity contribution in [2.24, 2.45) is 0 Å². The summed E-state index contributed by atoms with van der Waals surface area (Å²) in [6.45, 7) is 1.45.